The lowest BCUT2D eigenvalue weighted by atomic mass is 9.97. The lowest BCUT2D eigenvalue weighted by Crippen LogP contribution is -2.14. The number of hydrogen-bond donors (Lipinski definition) is 1. The molecule has 2 unspecified atom stereocenters. The van der Waals surface area contributed by atoms with Crippen molar-refractivity contribution in [2.45, 2.75) is 12.2 Å². The van der Waals surface area contributed by atoms with Crippen molar-refractivity contribution in [1.29, 1.82) is 0 Å². The van der Waals surface area contributed by atoms with Gasteiger partial charge in [-0.25, -0.2) is 4.39 Å². The zero-order valence-electron chi connectivity index (χ0n) is 11.4. The van der Waals surface area contributed by atoms with Crippen molar-refractivity contribution >= 4 is 0 Å². The summed E-state index contributed by atoms with van der Waals surface area (Å²) >= 11 is 0. The summed E-state index contributed by atoms with van der Waals surface area (Å²) in [5, 5.41) is 10.5. The van der Waals surface area contributed by atoms with E-state index in [1.165, 1.54) is 32.4 Å². The maximum Gasteiger partial charge on any atom is 0.124 e. The highest BCUT2D eigenvalue weighted by atomic mass is 19.1. The first-order chi connectivity index (χ1) is 9.67. The number of benzene rings is 2. The maximum absolute atomic E-state index is 13.4. The highest BCUT2D eigenvalue weighted by Crippen LogP contribution is 2.36. The summed E-state index contributed by atoms with van der Waals surface area (Å²) in [4.78, 5) is 0. The van der Waals surface area contributed by atoms with Gasteiger partial charge in [0.1, 0.15) is 23.8 Å². The van der Waals surface area contributed by atoms with Crippen molar-refractivity contribution < 1.29 is 19.0 Å². The van der Waals surface area contributed by atoms with E-state index in [9.17, 15) is 9.50 Å². The highest BCUT2D eigenvalue weighted by Gasteiger charge is 2.25. The van der Waals surface area contributed by atoms with E-state index in [0.29, 0.717) is 11.3 Å². The molecule has 106 valence electrons. The topological polar surface area (TPSA) is 38.7 Å². The summed E-state index contributed by atoms with van der Waals surface area (Å²) in [6.07, 6.45) is -1.61. The quantitative estimate of drug-likeness (QED) is 0.911. The van der Waals surface area contributed by atoms with Gasteiger partial charge in [-0.2, -0.15) is 0 Å². The van der Waals surface area contributed by atoms with E-state index in [1.807, 2.05) is 30.3 Å². The van der Waals surface area contributed by atoms with Gasteiger partial charge < -0.3 is 14.6 Å². The predicted octanol–water partition coefficient (Wildman–Crippen LogP) is 3.26. The van der Waals surface area contributed by atoms with Crippen molar-refractivity contribution in [3.63, 3.8) is 0 Å². The third-order valence-corrected chi connectivity index (χ3v) is 3.18. The summed E-state index contributed by atoms with van der Waals surface area (Å²) in [6.45, 7) is 0. The van der Waals surface area contributed by atoms with E-state index >= 15 is 0 Å². The van der Waals surface area contributed by atoms with E-state index in [4.69, 9.17) is 9.47 Å². The summed E-state index contributed by atoms with van der Waals surface area (Å²) in [5.74, 6) is -0.000328. The minimum Gasteiger partial charge on any atom is -0.496 e. The zero-order valence-corrected chi connectivity index (χ0v) is 11.4. The average molecular weight is 276 g/mol. The van der Waals surface area contributed by atoms with Gasteiger partial charge >= 0.3 is 0 Å². The molecular formula is C16H17FO3. The van der Waals surface area contributed by atoms with E-state index in [-0.39, 0.29) is 0 Å². The van der Waals surface area contributed by atoms with E-state index in [0.717, 1.165) is 5.56 Å². The third kappa shape index (κ3) is 2.98. The number of aliphatic hydroxyl groups excluding tert-OH is 1. The van der Waals surface area contributed by atoms with Crippen LogP contribution in [0.2, 0.25) is 0 Å². The number of hydrogen-bond acceptors (Lipinski definition) is 3. The van der Waals surface area contributed by atoms with Crippen LogP contribution in [0.25, 0.3) is 0 Å². The lowest BCUT2D eigenvalue weighted by Gasteiger charge is -2.23. The van der Waals surface area contributed by atoms with Crippen molar-refractivity contribution in [3.05, 3.63) is 65.5 Å². The molecule has 0 saturated heterocycles. The molecule has 3 nitrogen and oxygen atoms in total. The second kappa shape index (κ2) is 6.50. The normalized spacial score (nSPS) is 13.8. The molecule has 2 aromatic carbocycles. The number of methoxy groups -OCH3 is 2. The fourth-order valence-electron chi connectivity index (χ4n) is 2.19. The fourth-order valence-corrected chi connectivity index (χ4v) is 2.19. The molecule has 0 fully saturated rings. The zero-order chi connectivity index (χ0) is 14.5. The molecule has 20 heavy (non-hydrogen) atoms. The minimum atomic E-state index is -1.02. The van der Waals surface area contributed by atoms with E-state index in [2.05, 4.69) is 0 Å². The Morgan fingerprint density at radius 1 is 1.05 bits per heavy atom. The molecular weight excluding hydrogens is 259 g/mol. The lowest BCUT2D eigenvalue weighted by molar-refractivity contribution is -0.0160. The Balaban J connectivity index is 2.38. The van der Waals surface area contributed by atoms with Crippen molar-refractivity contribution in [3.8, 4) is 5.75 Å². The molecule has 0 spiro atoms. The van der Waals surface area contributed by atoms with Gasteiger partial charge in [0.05, 0.1) is 7.11 Å². The van der Waals surface area contributed by atoms with Gasteiger partial charge in [0, 0.05) is 12.7 Å². The number of ether oxygens (including phenoxy) is 2. The van der Waals surface area contributed by atoms with Crippen molar-refractivity contribution in [2.75, 3.05) is 14.2 Å². The number of rotatable bonds is 5. The molecule has 2 aromatic rings. The maximum atomic E-state index is 13.4. The summed E-state index contributed by atoms with van der Waals surface area (Å²) in [6, 6.07) is 13.3. The first-order valence-electron chi connectivity index (χ1n) is 6.26. The Morgan fingerprint density at radius 3 is 2.35 bits per heavy atom. The summed E-state index contributed by atoms with van der Waals surface area (Å²) in [7, 11) is 2.99. The number of halogens is 1. The molecule has 0 aliphatic carbocycles. The Morgan fingerprint density at radius 2 is 1.75 bits per heavy atom. The van der Waals surface area contributed by atoms with Crippen LogP contribution in [-0.2, 0) is 4.74 Å². The fraction of sp³-hybridized carbons (Fsp3) is 0.250. The smallest absolute Gasteiger partial charge is 0.124 e. The Bertz CT molecular complexity index is 557. The van der Waals surface area contributed by atoms with Crippen LogP contribution >= 0.6 is 0 Å². The van der Waals surface area contributed by atoms with Gasteiger partial charge in [-0.05, 0) is 23.8 Å². The predicted molar refractivity (Wildman–Crippen MR) is 74.1 cm³/mol. The minimum absolute atomic E-state index is 0.364. The summed E-state index contributed by atoms with van der Waals surface area (Å²) in [5.41, 5.74) is 1.18. The number of aliphatic hydroxyl groups is 1. The Kier molecular flexibility index (Phi) is 4.71. The second-order valence-electron chi connectivity index (χ2n) is 4.40. The van der Waals surface area contributed by atoms with Gasteiger partial charge in [-0.3, -0.25) is 0 Å². The van der Waals surface area contributed by atoms with Crippen molar-refractivity contribution in [2.24, 2.45) is 0 Å². The molecule has 0 amide bonds. The van der Waals surface area contributed by atoms with Gasteiger partial charge in [0.25, 0.3) is 0 Å². The van der Waals surface area contributed by atoms with Crippen LogP contribution in [0.5, 0.6) is 5.75 Å². The van der Waals surface area contributed by atoms with Crippen LogP contribution in [0.15, 0.2) is 48.5 Å². The first-order valence-corrected chi connectivity index (χ1v) is 6.26. The first kappa shape index (κ1) is 14.5. The van der Waals surface area contributed by atoms with Gasteiger partial charge in [0.2, 0.25) is 0 Å². The molecule has 1 N–H and O–H groups in total. The van der Waals surface area contributed by atoms with Gasteiger partial charge in [-0.1, -0.05) is 30.3 Å². The molecule has 0 radical (unpaired) electrons. The largest absolute Gasteiger partial charge is 0.496 e. The molecule has 0 aliphatic heterocycles. The SMILES string of the molecule is COc1ccc(F)cc1C(O)C(OC)c1ccccc1. The molecule has 2 atom stereocenters. The van der Waals surface area contributed by atoms with Crippen LogP contribution in [0, 0.1) is 5.82 Å². The van der Waals surface area contributed by atoms with Crippen LogP contribution in [-0.4, -0.2) is 19.3 Å². The molecule has 2 rings (SSSR count). The van der Waals surface area contributed by atoms with E-state index < -0.39 is 18.0 Å². The molecule has 0 aliphatic rings. The standard InChI is InChI=1S/C16H17FO3/c1-19-14-9-8-12(17)10-13(14)15(18)16(20-2)11-6-4-3-5-7-11/h3-10,15-16,18H,1-2H3. The van der Waals surface area contributed by atoms with Crippen LogP contribution < -0.4 is 4.74 Å². The van der Waals surface area contributed by atoms with Crippen LogP contribution in [0.1, 0.15) is 23.3 Å². The molecule has 0 heterocycles. The molecule has 4 heteroatoms. The van der Waals surface area contributed by atoms with Gasteiger partial charge in [-0.15, -0.1) is 0 Å². The van der Waals surface area contributed by atoms with Gasteiger partial charge in [0.15, 0.2) is 0 Å². The average Bonchev–Trinajstić information content (AvgIpc) is 2.49. The summed E-state index contributed by atoms with van der Waals surface area (Å²) < 4.78 is 23.9. The Hall–Kier alpha value is -1.91. The second-order valence-corrected chi connectivity index (χ2v) is 4.40. The van der Waals surface area contributed by atoms with Crippen LogP contribution in [0.4, 0.5) is 4.39 Å². The third-order valence-electron chi connectivity index (χ3n) is 3.18. The monoisotopic (exact) mass is 276 g/mol. The van der Waals surface area contributed by atoms with Crippen LogP contribution in [0.3, 0.4) is 0 Å². The van der Waals surface area contributed by atoms with Crippen molar-refractivity contribution in [1.82, 2.24) is 0 Å². The molecule has 0 bridgehead atoms. The molecule has 0 aromatic heterocycles. The molecule has 0 saturated carbocycles. The van der Waals surface area contributed by atoms with E-state index in [1.54, 1.807) is 0 Å². The highest BCUT2D eigenvalue weighted by molar-refractivity contribution is 5.37. The Labute approximate surface area is 117 Å².